The van der Waals surface area contributed by atoms with E-state index in [4.69, 9.17) is 21.7 Å². The number of nitrogens with zero attached hydrogens (tertiary/aromatic N) is 2. The zero-order chi connectivity index (χ0) is 30.3. The van der Waals surface area contributed by atoms with E-state index in [0.29, 0.717) is 45.1 Å². The molecule has 1 aliphatic rings. The van der Waals surface area contributed by atoms with Crippen molar-refractivity contribution in [2.45, 2.75) is 84.9 Å². The fraction of sp³-hybridized carbons (Fsp3) is 0.500. The minimum absolute atomic E-state index is 0.0792. The first-order valence-electron chi connectivity index (χ1n) is 14.0. The Hall–Kier alpha value is -3.66. The number of halogens is 1. The molecule has 1 fully saturated rings. The van der Waals surface area contributed by atoms with Crippen LogP contribution in [0.3, 0.4) is 0 Å². The number of hydrogen-bond acceptors (Lipinski definition) is 7. The van der Waals surface area contributed by atoms with Crippen LogP contribution in [0.25, 0.3) is 11.2 Å². The summed E-state index contributed by atoms with van der Waals surface area (Å²) in [5.41, 5.74) is 2.43. The van der Waals surface area contributed by atoms with Gasteiger partial charge in [-0.15, -0.1) is 0 Å². The maximum atomic E-state index is 13.2. The summed E-state index contributed by atoms with van der Waals surface area (Å²) < 4.78 is 5.36. The first-order chi connectivity index (χ1) is 19.3. The lowest BCUT2D eigenvalue weighted by molar-refractivity contribution is 0.0489. The summed E-state index contributed by atoms with van der Waals surface area (Å²) in [6, 6.07) is 5.01. The fourth-order valence-corrected chi connectivity index (χ4v) is 4.63. The molecule has 3 aromatic rings. The summed E-state index contributed by atoms with van der Waals surface area (Å²) in [7, 11) is 1.75. The third kappa shape index (κ3) is 9.18. The molecule has 0 radical (unpaired) electrons. The molecule has 10 nitrogen and oxygen atoms in total. The highest BCUT2D eigenvalue weighted by Crippen LogP contribution is 2.25. The molecule has 0 aliphatic heterocycles. The molecule has 1 aliphatic carbocycles. The van der Waals surface area contributed by atoms with E-state index in [1.165, 1.54) is 6.20 Å². The van der Waals surface area contributed by atoms with E-state index < -0.39 is 11.7 Å². The van der Waals surface area contributed by atoms with Gasteiger partial charge in [0.05, 0.1) is 17.5 Å². The van der Waals surface area contributed by atoms with Crippen LogP contribution in [0.1, 0.15) is 88.8 Å². The van der Waals surface area contributed by atoms with Gasteiger partial charge >= 0.3 is 6.09 Å². The number of anilines is 1. The number of amides is 2. The molecule has 2 amide bonds. The second-order valence-corrected chi connectivity index (χ2v) is 12.3. The molecule has 222 valence electrons. The third-order valence-electron chi connectivity index (χ3n) is 6.13. The Bertz CT molecular complexity index is 1380. The molecule has 0 bridgehead atoms. The maximum absolute atomic E-state index is 13.2. The lowest BCUT2D eigenvalue weighted by atomic mass is 9.91. The Morgan fingerprint density at radius 1 is 1.12 bits per heavy atom. The first-order valence-corrected chi connectivity index (χ1v) is 14.4. The number of rotatable bonds is 6. The zero-order valence-corrected chi connectivity index (χ0v) is 25.7. The average molecular weight is 584 g/mol. The molecule has 1 saturated carbocycles. The van der Waals surface area contributed by atoms with E-state index in [1.54, 1.807) is 31.4 Å². The van der Waals surface area contributed by atoms with Gasteiger partial charge in [-0.25, -0.2) is 14.8 Å². The van der Waals surface area contributed by atoms with E-state index >= 15 is 0 Å². The Morgan fingerprint density at radius 3 is 2.41 bits per heavy atom. The fourth-order valence-electron chi connectivity index (χ4n) is 4.45. The predicted octanol–water partition coefficient (Wildman–Crippen LogP) is 6.30. The van der Waals surface area contributed by atoms with Crippen molar-refractivity contribution in [2.24, 2.45) is 5.92 Å². The average Bonchev–Trinajstić information content (AvgIpc) is 3.30. The molecule has 11 heteroatoms. The topological polar surface area (TPSA) is 145 Å². The lowest BCUT2D eigenvalue weighted by Gasteiger charge is -2.31. The van der Waals surface area contributed by atoms with E-state index in [1.807, 2.05) is 20.8 Å². The van der Waals surface area contributed by atoms with Crippen LogP contribution in [0.15, 0.2) is 30.6 Å². The summed E-state index contributed by atoms with van der Waals surface area (Å²) in [5, 5.41) is 18.3. The maximum Gasteiger partial charge on any atom is 0.407 e. The largest absolute Gasteiger partial charge is 0.444 e. The van der Waals surface area contributed by atoms with Crippen LogP contribution in [0.2, 0.25) is 5.02 Å². The third-order valence-corrected chi connectivity index (χ3v) is 6.37. The summed E-state index contributed by atoms with van der Waals surface area (Å²) in [4.78, 5) is 37.3. The van der Waals surface area contributed by atoms with E-state index in [9.17, 15) is 9.59 Å². The van der Waals surface area contributed by atoms with Crippen LogP contribution < -0.4 is 16.0 Å². The van der Waals surface area contributed by atoms with Gasteiger partial charge in [-0.2, -0.15) is 0 Å². The number of aromatic nitrogens is 3. The van der Waals surface area contributed by atoms with Crippen LogP contribution in [-0.4, -0.2) is 57.4 Å². The Morgan fingerprint density at radius 2 is 1.78 bits per heavy atom. The molecule has 2 aromatic heterocycles. The van der Waals surface area contributed by atoms with Gasteiger partial charge in [0.1, 0.15) is 16.8 Å². The summed E-state index contributed by atoms with van der Waals surface area (Å²) in [6.45, 7) is 12.0. The standard InChI is InChI=1S/C26H32ClN7O3.C4H10/c1-26(2,3)37-25(36)33-16-7-5-6-15(11-16)32-24(35)18-12-30-23-22(18)34-20(13-31-23)21(28)17-9-8-14(27)10-19(17)29-4;1-4(2)3/h8-10,12-13,15-16,28-29H,5-7,11H2,1-4H3,(H,30,31)(H,32,35)(H,33,36);4H,1-3H3. The summed E-state index contributed by atoms with van der Waals surface area (Å²) in [6.07, 6.45) is 5.75. The molecule has 1 aromatic carbocycles. The predicted molar refractivity (Wildman–Crippen MR) is 164 cm³/mol. The van der Waals surface area contributed by atoms with Crippen molar-refractivity contribution < 1.29 is 14.3 Å². The molecule has 5 N–H and O–H groups in total. The number of alkyl carbamates (subject to hydrolysis) is 1. The van der Waals surface area contributed by atoms with Crippen molar-refractivity contribution in [1.82, 2.24) is 25.6 Å². The van der Waals surface area contributed by atoms with Gasteiger partial charge in [0.25, 0.3) is 5.91 Å². The monoisotopic (exact) mass is 583 g/mol. The number of hydrogen-bond donors (Lipinski definition) is 5. The van der Waals surface area contributed by atoms with Gasteiger partial charge in [-0.05, 0) is 70.6 Å². The van der Waals surface area contributed by atoms with Gasteiger partial charge in [0, 0.05) is 41.6 Å². The highest BCUT2D eigenvalue weighted by Gasteiger charge is 2.27. The molecule has 2 atom stereocenters. The lowest BCUT2D eigenvalue weighted by Crippen LogP contribution is -2.46. The van der Waals surface area contributed by atoms with Crippen molar-refractivity contribution in [2.75, 3.05) is 12.4 Å². The number of carbonyl (C=O) groups excluding carboxylic acids is 2. The van der Waals surface area contributed by atoms with Crippen LogP contribution in [-0.2, 0) is 4.74 Å². The molecular formula is C30H42ClN7O3. The summed E-state index contributed by atoms with van der Waals surface area (Å²) in [5.74, 6) is 0.551. The molecule has 2 heterocycles. The Balaban J connectivity index is 0.00000108. The SMILES string of the molecule is CC(C)C.CNc1cc(Cl)ccc1C(=N)c1cnc2[nH]cc(C(=O)NC3CCCC(NC(=O)OC(C)(C)C)C3)c2n1. The first kappa shape index (κ1) is 31.9. The normalized spacial score (nSPS) is 16.9. The minimum Gasteiger partial charge on any atom is -0.444 e. The van der Waals surface area contributed by atoms with Gasteiger partial charge in [-0.3, -0.25) is 10.2 Å². The highest BCUT2D eigenvalue weighted by molar-refractivity contribution is 6.31. The summed E-state index contributed by atoms with van der Waals surface area (Å²) >= 11 is 6.09. The highest BCUT2D eigenvalue weighted by atomic mass is 35.5. The smallest absolute Gasteiger partial charge is 0.407 e. The van der Waals surface area contributed by atoms with Gasteiger partial charge in [-0.1, -0.05) is 32.4 Å². The number of fused-ring (bicyclic) bond motifs is 1. The number of benzene rings is 1. The van der Waals surface area contributed by atoms with Crippen molar-refractivity contribution in [3.63, 3.8) is 0 Å². The van der Waals surface area contributed by atoms with E-state index in [-0.39, 0.29) is 23.7 Å². The van der Waals surface area contributed by atoms with Crippen molar-refractivity contribution >= 4 is 46.2 Å². The van der Waals surface area contributed by atoms with Gasteiger partial charge < -0.3 is 25.7 Å². The van der Waals surface area contributed by atoms with Gasteiger partial charge in [0.15, 0.2) is 5.65 Å². The molecule has 41 heavy (non-hydrogen) atoms. The van der Waals surface area contributed by atoms with E-state index in [2.05, 4.69) is 51.7 Å². The van der Waals surface area contributed by atoms with E-state index in [0.717, 1.165) is 25.2 Å². The van der Waals surface area contributed by atoms with Crippen molar-refractivity contribution in [3.8, 4) is 0 Å². The molecule has 0 saturated heterocycles. The number of ether oxygens (including phenoxy) is 1. The molecule has 0 spiro atoms. The Labute approximate surface area is 246 Å². The number of carbonyl (C=O) groups is 2. The zero-order valence-electron chi connectivity index (χ0n) is 24.9. The Kier molecular flexibility index (Phi) is 10.7. The van der Waals surface area contributed by atoms with Crippen LogP contribution >= 0.6 is 11.6 Å². The molecule has 2 unspecified atom stereocenters. The second-order valence-electron chi connectivity index (χ2n) is 11.9. The molecule has 4 rings (SSSR count). The number of nitrogens with one attached hydrogen (secondary N) is 5. The molecular weight excluding hydrogens is 542 g/mol. The van der Waals surface area contributed by atoms with Crippen LogP contribution in [0, 0.1) is 11.3 Å². The van der Waals surface area contributed by atoms with Crippen molar-refractivity contribution in [1.29, 1.82) is 5.41 Å². The van der Waals surface area contributed by atoms with Gasteiger partial charge in [0.2, 0.25) is 0 Å². The second kappa shape index (κ2) is 13.8. The van der Waals surface area contributed by atoms with Crippen molar-refractivity contribution in [3.05, 3.63) is 52.4 Å². The quantitative estimate of drug-likeness (QED) is 0.215. The number of H-pyrrole nitrogens is 1. The van der Waals surface area contributed by atoms with Crippen LogP contribution in [0.5, 0.6) is 0 Å². The minimum atomic E-state index is -0.569. The van der Waals surface area contributed by atoms with Crippen LogP contribution in [0.4, 0.5) is 10.5 Å². The number of aromatic amines is 1.